The zero-order valence-electron chi connectivity index (χ0n) is 13.5. The third-order valence-electron chi connectivity index (χ3n) is 5.05. The average molecular weight is 316 g/mol. The molecule has 0 bridgehead atoms. The molecule has 1 aromatic heterocycles. The van der Waals surface area contributed by atoms with E-state index in [-0.39, 0.29) is 0 Å². The highest BCUT2D eigenvalue weighted by molar-refractivity contribution is 5.93. The van der Waals surface area contributed by atoms with Crippen molar-refractivity contribution in [2.75, 3.05) is 0 Å². The summed E-state index contributed by atoms with van der Waals surface area (Å²) in [6.07, 6.45) is 10.2. The smallest absolute Gasteiger partial charge is 0.133 e. The first-order valence-corrected chi connectivity index (χ1v) is 8.51. The molecule has 1 saturated carbocycles. The van der Waals surface area contributed by atoms with Crippen LogP contribution in [0, 0.1) is 5.92 Å². The number of Topliss-reactive ketones (excluding diaryl/α,β-unsaturated/α-hetero) is 1. The maximum absolute atomic E-state index is 11.6. The molecule has 0 radical (unpaired) electrons. The highest BCUT2D eigenvalue weighted by Gasteiger charge is 2.32. The van der Waals surface area contributed by atoms with Crippen molar-refractivity contribution in [3.8, 4) is 0 Å². The van der Waals surface area contributed by atoms with E-state index in [1.165, 1.54) is 21.9 Å². The van der Waals surface area contributed by atoms with Gasteiger partial charge in [-0.2, -0.15) is 0 Å². The fourth-order valence-corrected chi connectivity index (χ4v) is 3.89. The zero-order chi connectivity index (χ0) is 16.4. The molecule has 1 heterocycles. The van der Waals surface area contributed by atoms with Crippen LogP contribution in [0.1, 0.15) is 36.3 Å². The lowest BCUT2D eigenvalue weighted by molar-refractivity contribution is -0.121. The first kappa shape index (κ1) is 14.9. The van der Waals surface area contributed by atoms with Gasteiger partial charge in [-0.1, -0.05) is 48.6 Å². The van der Waals surface area contributed by atoms with Gasteiger partial charge in [0.15, 0.2) is 0 Å². The molecule has 0 aliphatic heterocycles. The van der Waals surface area contributed by atoms with E-state index in [4.69, 9.17) is 0 Å². The van der Waals surface area contributed by atoms with E-state index >= 15 is 0 Å². The van der Waals surface area contributed by atoms with Crippen molar-refractivity contribution in [3.63, 3.8) is 0 Å². The first-order chi connectivity index (χ1) is 11.8. The normalized spacial score (nSPS) is 21.6. The van der Waals surface area contributed by atoms with E-state index in [0.717, 1.165) is 19.3 Å². The molecule has 2 atom stereocenters. The topological polar surface area (TPSA) is 30.2 Å². The largest absolute Gasteiger partial charge is 0.473 e. The van der Waals surface area contributed by atoms with Crippen LogP contribution in [0.2, 0.25) is 0 Å². The van der Waals surface area contributed by atoms with Crippen molar-refractivity contribution >= 4 is 22.6 Å². The minimum atomic E-state index is 0.426. The predicted molar refractivity (Wildman–Crippen MR) is 96.8 cm³/mol. The molecule has 2 aliphatic rings. The zero-order valence-corrected chi connectivity index (χ0v) is 13.5. The maximum atomic E-state index is 11.6. The van der Waals surface area contributed by atoms with Crippen LogP contribution in [-0.4, -0.2) is 5.78 Å². The van der Waals surface area contributed by atoms with Crippen molar-refractivity contribution in [1.29, 1.82) is 0 Å². The van der Waals surface area contributed by atoms with E-state index in [1.807, 2.05) is 12.1 Å². The molecule has 5 rings (SSSR count). The summed E-state index contributed by atoms with van der Waals surface area (Å²) >= 11 is 0. The van der Waals surface area contributed by atoms with Gasteiger partial charge in [0.25, 0.3) is 0 Å². The quantitative estimate of drug-likeness (QED) is 0.540. The Bertz CT molecular complexity index is 857. The number of benzene rings is 2. The fraction of sp³-hybridized carbons (Fsp3) is 0.227. The summed E-state index contributed by atoms with van der Waals surface area (Å²) < 4.78 is 4.58. The van der Waals surface area contributed by atoms with Crippen LogP contribution in [0.5, 0.6) is 0 Å². The van der Waals surface area contributed by atoms with Crippen LogP contribution in [0.3, 0.4) is 0 Å². The van der Waals surface area contributed by atoms with Crippen LogP contribution in [0.25, 0.3) is 16.8 Å². The molecule has 24 heavy (non-hydrogen) atoms. The van der Waals surface area contributed by atoms with Gasteiger partial charge in [0.2, 0.25) is 0 Å². The Hall–Kier alpha value is -2.61. The number of carbonyl (C=O) groups is 1. The van der Waals surface area contributed by atoms with Crippen molar-refractivity contribution in [3.05, 3.63) is 78.3 Å². The molecule has 0 N–H and O–H groups in total. The summed E-state index contributed by atoms with van der Waals surface area (Å²) in [5.41, 5.74) is 2.81. The third kappa shape index (κ3) is 2.80. The Morgan fingerprint density at radius 3 is 2.58 bits per heavy atom. The van der Waals surface area contributed by atoms with E-state index in [1.54, 1.807) is 12.5 Å². The van der Waals surface area contributed by atoms with Crippen LogP contribution < -0.4 is 0 Å². The monoisotopic (exact) mass is 316 g/mol. The molecule has 0 amide bonds. The van der Waals surface area contributed by atoms with Gasteiger partial charge in [0.05, 0.1) is 12.5 Å². The first-order valence-electron chi connectivity index (χ1n) is 8.51. The van der Waals surface area contributed by atoms with Gasteiger partial charge in [-0.05, 0) is 52.3 Å². The minimum Gasteiger partial charge on any atom is -0.473 e. The summed E-state index contributed by atoms with van der Waals surface area (Å²) in [6, 6.07) is 16.7. The molecule has 3 aromatic rings. The molecule has 2 heteroatoms. The molecule has 120 valence electrons. The van der Waals surface area contributed by atoms with E-state index in [9.17, 15) is 4.79 Å². The summed E-state index contributed by atoms with van der Waals surface area (Å²) in [5.74, 6) is 1.40. The molecule has 2 nitrogen and oxygen atoms in total. The highest BCUT2D eigenvalue weighted by atomic mass is 16.3. The van der Waals surface area contributed by atoms with Gasteiger partial charge in [-0.25, -0.2) is 0 Å². The number of hydrogen-bond donors (Lipinski definition) is 0. The Morgan fingerprint density at radius 2 is 1.79 bits per heavy atom. The molecular weight excluding hydrogens is 296 g/mol. The molecule has 2 aromatic carbocycles. The molecule has 0 saturated heterocycles. The van der Waals surface area contributed by atoms with Gasteiger partial charge in [0.1, 0.15) is 5.78 Å². The number of allylic oxidation sites excluding steroid dienone is 1. The van der Waals surface area contributed by atoms with Gasteiger partial charge in [-0.3, -0.25) is 4.79 Å². The maximum Gasteiger partial charge on any atom is 0.133 e. The standard InChI is InChI=1S/C18H16O.C4H4O/c19-14-7-10-16-13(11-14)6-9-17-15-4-2-1-3-12(15)5-8-18(16)17;1-2-4-5-3-1/h1-6,8-9,13,16H,7,10-11H2;1-4H. The second-order valence-corrected chi connectivity index (χ2v) is 6.49. The van der Waals surface area contributed by atoms with Gasteiger partial charge in [0, 0.05) is 12.8 Å². The second-order valence-electron chi connectivity index (χ2n) is 6.49. The predicted octanol–water partition coefficient (Wildman–Crippen LogP) is 5.60. The number of carbonyl (C=O) groups excluding carboxylic acids is 1. The van der Waals surface area contributed by atoms with Crippen LogP contribution in [-0.2, 0) is 4.79 Å². The van der Waals surface area contributed by atoms with Crippen molar-refractivity contribution < 1.29 is 9.21 Å². The van der Waals surface area contributed by atoms with E-state index in [0.29, 0.717) is 17.6 Å². The second kappa shape index (κ2) is 6.48. The summed E-state index contributed by atoms with van der Waals surface area (Å²) in [4.78, 5) is 11.6. The SMILES string of the molecule is O=C1CCC2c3ccc4ccccc4c3C=CC2C1.c1ccoc1. The summed E-state index contributed by atoms with van der Waals surface area (Å²) in [6.45, 7) is 0. The summed E-state index contributed by atoms with van der Waals surface area (Å²) in [5, 5.41) is 2.64. The molecule has 0 spiro atoms. The molecule has 2 unspecified atom stereocenters. The number of rotatable bonds is 0. The Balaban J connectivity index is 0.000000252. The van der Waals surface area contributed by atoms with Crippen molar-refractivity contribution in [2.45, 2.75) is 25.2 Å². The molecule has 1 fully saturated rings. The average Bonchev–Trinajstić information content (AvgIpc) is 3.21. The number of furan rings is 1. The lowest BCUT2D eigenvalue weighted by Gasteiger charge is -2.33. The third-order valence-corrected chi connectivity index (χ3v) is 5.05. The molecular formula is C22H20O2. The lowest BCUT2D eigenvalue weighted by Crippen LogP contribution is -2.24. The van der Waals surface area contributed by atoms with Crippen molar-refractivity contribution in [1.82, 2.24) is 0 Å². The highest BCUT2D eigenvalue weighted by Crippen LogP contribution is 2.44. The Labute approximate surface area is 141 Å². The minimum absolute atomic E-state index is 0.426. The van der Waals surface area contributed by atoms with Crippen LogP contribution >= 0.6 is 0 Å². The van der Waals surface area contributed by atoms with E-state index in [2.05, 4.69) is 53.0 Å². The fourth-order valence-electron chi connectivity index (χ4n) is 3.89. The van der Waals surface area contributed by atoms with Crippen LogP contribution in [0.15, 0.2) is 71.6 Å². The lowest BCUT2D eigenvalue weighted by atomic mass is 9.70. The van der Waals surface area contributed by atoms with Crippen molar-refractivity contribution in [2.24, 2.45) is 5.92 Å². The van der Waals surface area contributed by atoms with Gasteiger partial charge in [-0.15, -0.1) is 0 Å². The Kier molecular flexibility index (Phi) is 4.04. The van der Waals surface area contributed by atoms with Gasteiger partial charge < -0.3 is 4.42 Å². The number of hydrogen-bond acceptors (Lipinski definition) is 2. The van der Waals surface area contributed by atoms with Crippen LogP contribution in [0.4, 0.5) is 0 Å². The summed E-state index contributed by atoms with van der Waals surface area (Å²) in [7, 11) is 0. The van der Waals surface area contributed by atoms with Gasteiger partial charge >= 0.3 is 0 Å². The number of fused-ring (bicyclic) bond motifs is 5. The Morgan fingerprint density at radius 1 is 0.958 bits per heavy atom. The van der Waals surface area contributed by atoms with E-state index < -0.39 is 0 Å². The molecule has 2 aliphatic carbocycles. The number of ketones is 1.